The maximum atomic E-state index is 13.5. The van der Waals surface area contributed by atoms with Crippen molar-refractivity contribution in [2.45, 2.75) is 6.61 Å². The second kappa shape index (κ2) is 7.89. The second-order valence-corrected chi connectivity index (χ2v) is 6.06. The summed E-state index contributed by atoms with van der Waals surface area (Å²) in [5.74, 6) is -1.11. The van der Waals surface area contributed by atoms with Crippen LogP contribution in [0.2, 0.25) is 0 Å². The molecule has 0 aromatic heterocycles. The molecule has 8 heteroatoms. The molecule has 1 amide bonds. The number of hydrogen-bond donors (Lipinski definition) is 1. The molecule has 0 radical (unpaired) electrons. The Morgan fingerprint density at radius 3 is 2.68 bits per heavy atom. The Morgan fingerprint density at radius 1 is 1.20 bits per heavy atom. The van der Waals surface area contributed by atoms with Crippen molar-refractivity contribution >= 4 is 29.1 Å². The van der Waals surface area contributed by atoms with Crippen molar-refractivity contribution in [3.63, 3.8) is 0 Å². The highest BCUT2D eigenvalue weighted by atomic mass is 32.2. The fraction of sp³-hybridized carbons (Fsp3) is 0.118. The summed E-state index contributed by atoms with van der Waals surface area (Å²) < 4.78 is 31.7. The largest absolute Gasteiger partial charge is 0.486 e. The van der Waals surface area contributed by atoms with Gasteiger partial charge in [-0.3, -0.25) is 4.79 Å². The van der Waals surface area contributed by atoms with E-state index in [2.05, 4.69) is 15.5 Å². The minimum atomic E-state index is -0.736. The molecule has 1 aliphatic heterocycles. The third kappa shape index (κ3) is 4.87. The van der Waals surface area contributed by atoms with Crippen molar-refractivity contribution in [1.82, 2.24) is 5.32 Å². The molecule has 0 spiro atoms. The highest BCUT2D eigenvalue weighted by Crippen LogP contribution is 2.19. The molecule has 3 rings (SSSR count). The van der Waals surface area contributed by atoms with Gasteiger partial charge < -0.3 is 10.1 Å². The molecule has 0 bridgehead atoms. The lowest BCUT2D eigenvalue weighted by Gasteiger charge is -2.07. The standard InChI is InChI=1S/C17H13F2N3O2S/c18-13-5-6-15(14(19)7-13)24-9-12-3-1-11(2-4-12)8-20-22-17-21-16(23)10-25-17/h1-8H,9-10H2,(H,21,22,23). The van der Waals surface area contributed by atoms with Crippen molar-refractivity contribution in [3.05, 3.63) is 65.2 Å². The maximum Gasteiger partial charge on any atom is 0.236 e. The Labute approximate surface area is 146 Å². The van der Waals surface area contributed by atoms with E-state index < -0.39 is 11.6 Å². The summed E-state index contributed by atoms with van der Waals surface area (Å²) in [4.78, 5) is 11.0. The second-order valence-electron chi connectivity index (χ2n) is 5.09. The first kappa shape index (κ1) is 17.1. The summed E-state index contributed by atoms with van der Waals surface area (Å²) in [5, 5.41) is 10.9. The smallest absolute Gasteiger partial charge is 0.236 e. The molecule has 25 heavy (non-hydrogen) atoms. The summed E-state index contributed by atoms with van der Waals surface area (Å²) >= 11 is 1.30. The Kier molecular flexibility index (Phi) is 5.39. The molecule has 1 aliphatic rings. The van der Waals surface area contributed by atoms with Gasteiger partial charge in [0.05, 0.1) is 12.0 Å². The minimum absolute atomic E-state index is 0.000949. The van der Waals surface area contributed by atoms with E-state index in [0.717, 1.165) is 23.3 Å². The van der Waals surface area contributed by atoms with Crippen molar-refractivity contribution < 1.29 is 18.3 Å². The van der Waals surface area contributed by atoms with Crippen molar-refractivity contribution in [1.29, 1.82) is 0 Å². The topological polar surface area (TPSA) is 63.0 Å². The van der Waals surface area contributed by atoms with Gasteiger partial charge in [-0.05, 0) is 23.3 Å². The average Bonchev–Trinajstić information content (AvgIpc) is 3.01. The van der Waals surface area contributed by atoms with Gasteiger partial charge in [-0.25, -0.2) is 8.78 Å². The first-order valence-electron chi connectivity index (χ1n) is 7.30. The first-order chi connectivity index (χ1) is 12.1. The third-order valence-corrected chi connectivity index (χ3v) is 4.07. The summed E-state index contributed by atoms with van der Waals surface area (Å²) in [6.07, 6.45) is 1.56. The molecular weight excluding hydrogens is 348 g/mol. The van der Waals surface area contributed by atoms with Gasteiger partial charge in [-0.1, -0.05) is 36.0 Å². The number of amidine groups is 1. The van der Waals surface area contributed by atoms with Gasteiger partial charge in [0, 0.05) is 6.07 Å². The van der Waals surface area contributed by atoms with Crippen LogP contribution in [0.5, 0.6) is 5.75 Å². The van der Waals surface area contributed by atoms with Crippen LogP contribution >= 0.6 is 11.8 Å². The zero-order valence-electron chi connectivity index (χ0n) is 12.9. The van der Waals surface area contributed by atoms with Gasteiger partial charge in [0.1, 0.15) is 12.4 Å². The van der Waals surface area contributed by atoms with E-state index in [1.165, 1.54) is 17.8 Å². The molecule has 0 saturated carbocycles. The fourth-order valence-electron chi connectivity index (χ4n) is 1.98. The van der Waals surface area contributed by atoms with Crippen LogP contribution in [-0.2, 0) is 11.4 Å². The van der Waals surface area contributed by atoms with Gasteiger partial charge >= 0.3 is 0 Å². The Bertz CT molecular complexity index is 838. The van der Waals surface area contributed by atoms with E-state index in [1.807, 2.05) is 24.3 Å². The number of carbonyl (C=O) groups excluding carboxylic acids is 1. The van der Waals surface area contributed by atoms with E-state index >= 15 is 0 Å². The summed E-state index contributed by atoms with van der Waals surface area (Å²) in [6.45, 7) is 0.158. The van der Waals surface area contributed by atoms with Crippen LogP contribution in [0.25, 0.3) is 0 Å². The Balaban J connectivity index is 1.56. The van der Waals surface area contributed by atoms with Crippen LogP contribution in [0, 0.1) is 11.6 Å². The fourth-order valence-corrected chi connectivity index (χ4v) is 2.61. The minimum Gasteiger partial charge on any atom is -0.486 e. The third-order valence-electron chi connectivity index (χ3n) is 3.21. The number of ether oxygens (including phenoxy) is 1. The van der Waals surface area contributed by atoms with E-state index in [4.69, 9.17) is 4.74 Å². The lowest BCUT2D eigenvalue weighted by atomic mass is 10.1. The summed E-state index contributed by atoms with van der Waals surface area (Å²) in [7, 11) is 0. The lowest BCUT2D eigenvalue weighted by Crippen LogP contribution is -2.19. The average molecular weight is 361 g/mol. The monoisotopic (exact) mass is 361 g/mol. The zero-order chi connectivity index (χ0) is 17.6. The predicted molar refractivity (Wildman–Crippen MR) is 92.8 cm³/mol. The molecule has 0 atom stereocenters. The molecule has 0 aliphatic carbocycles. The first-order valence-corrected chi connectivity index (χ1v) is 8.29. The number of amides is 1. The maximum absolute atomic E-state index is 13.5. The number of benzene rings is 2. The van der Waals surface area contributed by atoms with Crippen molar-refractivity contribution in [2.75, 3.05) is 5.75 Å². The number of thioether (sulfide) groups is 1. The number of rotatable bonds is 5. The van der Waals surface area contributed by atoms with Gasteiger partial charge in [0.2, 0.25) is 5.91 Å². The van der Waals surface area contributed by atoms with Crippen LogP contribution in [0.3, 0.4) is 0 Å². The summed E-state index contributed by atoms with van der Waals surface area (Å²) in [6, 6.07) is 10.4. The molecule has 1 N–H and O–H groups in total. The molecule has 2 aromatic carbocycles. The number of hydrogen-bond acceptors (Lipinski definition) is 5. The summed E-state index contributed by atoms with van der Waals surface area (Å²) in [5.41, 5.74) is 1.64. The van der Waals surface area contributed by atoms with Crippen LogP contribution in [0.4, 0.5) is 8.78 Å². The van der Waals surface area contributed by atoms with E-state index in [-0.39, 0.29) is 18.3 Å². The Morgan fingerprint density at radius 2 is 2.00 bits per heavy atom. The van der Waals surface area contributed by atoms with E-state index in [1.54, 1.807) is 6.21 Å². The molecule has 1 heterocycles. The van der Waals surface area contributed by atoms with Gasteiger partial charge in [-0.15, -0.1) is 5.10 Å². The quantitative estimate of drug-likeness (QED) is 0.658. The molecular formula is C17H13F2N3O2S. The lowest BCUT2D eigenvalue weighted by molar-refractivity contribution is -0.116. The number of nitrogens with zero attached hydrogens (tertiary/aromatic N) is 2. The van der Waals surface area contributed by atoms with E-state index in [9.17, 15) is 13.6 Å². The number of halogens is 2. The normalized spacial score (nSPS) is 15.8. The molecule has 1 fully saturated rings. The Hall–Kier alpha value is -2.74. The molecule has 1 saturated heterocycles. The van der Waals surface area contributed by atoms with Crippen molar-refractivity contribution in [3.8, 4) is 5.75 Å². The zero-order valence-corrected chi connectivity index (χ0v) is 13.7. The van der Waals surface area contributed by atoms with E-state index in [0.29, 0.717) is 10.9 Å². The molecule has 5 nitrogen and oxygen atoms in total. The van der Waals surface area contributed by atoms with Crippen molar-refractivity contribution in [2.24, 2.45) is 10.2 Å². The van der Waals surface area contributed by atoms with Crippen LogP contribution < -0.4 is 10.1 Å². The molecule has 0 unspecified atom stereocenters. The molecule has 2 aromatic rings. The van der Waals surface area contributed by atoms with Crippen LogP contribution in [-0.4, -0.2) is 23.0 Å². The number of carbonyl (C=O) groups is 1. The van der Waals surface area contributed by atoms with Gasteiger partial charge in [-0.2, -0.15) is 5.10 Å². The van der Waals surface area contributed by atoms with Gasteiger partial charge in [0.25, 0.3) is 0 Å². The SMILES string of the molecule is O=C1CSC(=NN=Cc2ccc(COc3ccc(F)cc3F)cc2)N1. The molecule has 128 valence electrons. The van der Waals surface area contributed by atoms with Crippen LogP contribution in [0.15, 0.2) is 52.7 Å². The van der Waals surface area contributed by atoms with Crippen LogP contribution in [0.1, 0.15) is 11.1 Å². The highest BCUT2D eigenvalue weighted by molar-refractivity contribution is 8.15. The highest BCUT2D eigenvalue weighted by Gasteiger charge is 2.15. The predicted octanol–water partition coefficient (Wildman–Crippen LogP) is 3.10. The number of nitrogens with one attached hydrogen (secondary N) is 1. The van der Waals surface area contributed by atoms with Gasteiger partial charge in [0.15, 0.2) is 16.7 Å².